The third kappa shape index (κ3) is 25.2. The summed E-state index contributed by atoms with van der Waals surface area (Å²) in [6, 6.07) is 0. The molecular formula is C8H21BClN. The molecule has 0 aliphatic rings. The third-order valence-electron chi connectivity index (χ3n) is 1.20. The highest BCUT2D eigenvalue weighted by molar-refractivity contribution is 6.91. The van der Waals surface area contributed by atoms with Crippen molar-refractivity contribution in [2.24, 2.45) is 0 Å². The Morgan fingerprint density at radius 3 is 1.45 bits per heavy atom. The van der Waals surface area contributed by atoms with E-state index in [2.05, 4.69) is 13.8 Å². The fraction of sp³-hybridized carbons (Fsp3) is 1.00. The maximum Gasteiger partial charge on any atom is 0.313 e. The number of nitrogens with zero attached hydrogens (tertiary/aromatic N) is 1. The van der Waals surface area contributed by atoms with E-state index in [1.54, 1.807) is 0 Å². The standard InChI is InChI=1S/C6H14.C2H7BClN/c1-3-5-6-4-2;1-5(2)3-4/h3-6H2,1-2H3;3H,1-2H3. The molecule has 0 aliphatic carbocycles. The molecule has 0 saturated heterocycles. The Hall–Kier alpha value is 0.315. The van der Waals surface area contributed by atoms with Crippen molar-refractivity contribution in [1.82, 2.24) is 4.81 Å². The first kappa shape index (κ1) is 13.9. The summed E-state index contributed by atoms with van der Waals surface area (Å²) in [7, 11) is 3.85. The maximum atomic E-state index is 5.26. The highest BCUT2D eigenvalue weighted by atomic mass is 35.5. The summed E-state index contributed by atoms with van der Waals surface area (Å²) in [6.45, 7) is 5.07. The molecule has 3 heteroatoms. The van der Waals surface area contributed by atoms with Gasteiger partial charge >= 0.3 is 6.83 Å². The van der Waals surface area contributed by atoms with Crippen LogP contribution in [0.3, 0.4) is 0 Å². The lowest BCUT2D eigenvalue weighted by molar-refractivity contribution is 0.673. The van der Waals surface area contributed by atoms with Gasteiger partial charge in [-0.25, -0.2) is 0 Å². The van der Waals surface area contributed by atoms with Gasteiger partial charge in [0, 0.05) is 0 Å². The third-order valence-corrected chi connectivity index (χ3v) is 1.67. The smallest absolute Gasteiger partial charge is 0.313 e. The molecule has 0 fully saturated rings. The zero-order valence-electron chi connectivity index (χ0n) is 8.36. The predicted molar refractivity (Wildman–Crippen MR) is 56.5 cm³/mol. The second-order valence-corrected chi connectivity index (χ2v) is 3.15. The number of hydrogen-bond donors (Lipinski definition) is 0. The van der Waals surface area contributed by atoms with E-state index in [0.717, 1.165) is 0 Å². The molecule has 1 nitrogen and oxygen atoms in total. The maximum absolute atomic E-state index is 5.26. The van der Waals surface area contributed by atoms with Gasteiger partial charge in [-0.2, -0.15) is 11.5 Å². The Morgan fingerprint density at radius 2 is 1.36 bits per heavy atom. The summed E-state index contributed by atoms with van der Waals surface area (Å²) in [4.78, 5) is 1.89. The molecule has 0 spiro atoms. The molecule has 0 aromatic carbocycles. The van der Waals surface area contributed by atoms with Crippen LogP contribution in [0.2, 0.25) is 0 Å². The van der Waals surface area contributed by atoms with Crippen LogP contribution in [0.1, 0.15) is 39.5 Å². The summed E-state index contributed by atoms with van der Waals surface area (Å²) >= 11 is 5.26. The van der Waals surface area contributed by atoms with Gasteiger partial charge in [0.05, 0.1) is 0 Å². The molecule has 0 aromatic heterocycles. The predicted octanol–water partition coefficient (Wildman–Crippen LogP) is 2.64. The molecule has 0 rings (SSSR count). The van der Waals surface area contributed by atoms with Crippen LogP contribution in [0.5, 0.6) is 0 Å². The number of unbranched alkanes of at least 4 members (excludes halogenated alkanes) is 3. The van der Waals surface area contributed by atoms with Crippen molar-refractivity contribution in [2.45, 2.75) is 39.5 Å². The molecule has 68 valence electrons. The van der Waals surface area contributed by atoms with Crippen LogP contribution in [-0.2, 0) is 0 Å². The number of hydrogen-bond acceptors (Lipinski definition) is 1. The van der Waals surface area contributed by atoms with Gasteiger partial charge < -0.3 is 4.81 Å². The summed E-state index contributed by atoms with van der Waals surface area (Å²) in [6.07, 6.45) is 5.54. The van der Waals surface area contributed by atoms with Gasteiger partial charge in [-0.1, -0.05) is 39.5 Å². The minimum Gasteiger partial charge on any atom is -0.337 e. The van der Waals surface area contributed by atoms with Gasteiger partial charge in [-0.15, -0.1) is 0 Å². The second kappa shape index (κ2) is 12.9. The normalized spacial score (nSPS) is 8.91. The average Bonchev–Trinajstić information content (AvgIpc) is 2.02. The first-order chi connectivity index (χ1) is 5.18. The van der Waals surface area contributed by atoms with Crippen molar-refractivity contribution < 1.29 is 0 Å². The SMILES string of the molecule is CCCCCC.CN(C)BCl. The topological polar surface area (TPSA) is 3.24 Å². The van der Waals surface area contributed by atoms with Gasteiger partial charge in [0.15, 0.2) is 0 Å². The second-order valence-electron chi connectivity index (χ2n) is 2.91. The summed E-state index contributed by atoms with van der Waals surface area (Å²) < 4.78 is 0. The zero-order valence-corrected chi connectivity index (χ0v) is 9.12. The molecule has 0 heterocycles. The Bertz CT molecular complexity index is 56.1. The first-order valence-electron chi connectivity index (χ1n) is 4.39. The molecule has 0 amide bonds. The monoisotopic (exact) mass is 177 g/mol. The van der Waals surface area contributed by atoms with Crippen molar-refractivity contribution in [2.75, 3.05) is 14.1 Å². The van der Waals surface area contributed by atoms with Gasteiger partial charge in [-0.3, -0.25) is 0 Å². The van der Waals surface area contributed by atoms with Crippen LogP contribution in [-0.4, -0.2) is 25.7 Å². The average molecular weight is 178 g/mol. The largest absolute Gasteiger partial charge is 0.337 e. The van der Waals surface area contributed by atoms with Crippen molar-refractivity contribution >= 4 is 18.3 Å². The molecule has 11 heavy (non-hydrogen) atoms. The van der Waals surface area contributed by atoms with Crippen LogP contribution in [0, 0.1) is 0 Å². The van der Waals surface area contributed by atoms with E-state index in [-0.39, 0.29) is 0 Å². The lowest BCUT2D eigenvalue weighted by Crippen LogP contribution is -2.10. The fourth-order valence-electron chi connectivity index (χ4n) is 0.500. The Morgan fingerprint density at radius 1 is 1.09 bits per heavy atom. The van der Waals surface area contributed by atoms with E-state index in [1.165, 1.54) is 25.7 Å². The van der Waals surface area contributed by atoms with Crippen LogP contribution in [0.15, 0.2) is 0 Å². The Balaban J connectivity index is 0. The van der Waals surface area contributed by atoms with Gasteiger partial charge in [0.25, 0.3) is 0 Å². The van der Waals surface area contributed by atoms with E-state index in [1.807, 2.05) is 18.9 Å². The molecule has 0 radical (unpaired) electrons. The lowest BCUT2D eigenvalue weighted by Gasteiger charge is -1.96. The molecule has 0 aliphatic heterocycles. The minimum atomic E-state index is 0.611. The molecule has 0 N–H and O–H groups in total. The van der Waals surface area contributed by atoms with Gasteiger partial charge in [-0.05, 0) is 14.1 Å². The van der Waals surface area contributed by atoms with Crippen molar-refractivity contribution in [3.8, 4) is 0 Å². The number of rotatable bonds is 4. The molecule has 0 atom stereocenters. The van der Waals surface area contributed by atoms with Crippen LogP contribution < -0.4 is 0 Å². The van der Waals surface area contributed by atoms with Crippen molar-refractivity contribution in [3.63, 3.8) is 0 Å². The zero-order chi connectivity index (χ0) is 9.11. The van der Waals surface area contributed by atoms with Crippen LogP contribution in [0.25, 0.3) is 0 Å². The van der Waals surface area contributed by atoms with Gasteiger partial charge in [0.1, 0.15) is 0 Å². The van der Waals surface area contributed by atoms with E-state index >= 15 is 0 Å². The van der Waals surface area contributed by atoms with Gasteiger partial charge in [0.2, 0.25) is 0 Å². The summed E-state index contributed by atoms with van der Waals surface area (Å²) in [5.74, 6) is 0. The molecule has 0 aromatic rings. The highest BCUT2D eigenvalue weighted by Gasteiger charge is 1.80. The summed E-state index contributed by atoms with van der Waals surface area (Å²) in [5, 5.41) is 0. The molecule has 0 saturated carbocycles. The minimum absolute atomic E-state index is 0.611. The lowest BCUT2D eigenvalue weighted by atomic mass is 10.2. The highest BCUT2D eigenvalue weighted by Crippen LogP contribution is 1.95. The molecule has 0 bridgehead atoms. The van der Waals surface area contributed by atoms with Crippen LogP contribution >= 0.6 is 11.5 Å². The summed E-state index contributed by atoms with van der Waals surface area (Å²) in [5.41, 5.74) is 0. The molecular weight excluding hydrogens is 156 g/mol. The Kier molecular flexibility index (Phi) is 16.3. The van der Waals surface area contributed by atoms with E-state index in [9.17, 15) is 0 Å². The van der Waals surface area contributed by atoms with Crippen LogP contribution in [0.4, 0.5) is 0 Å². The number of halogens is 1. The quantitative estimate of drug-likeness (QED) is 0.471. The first-order valence-corrected chi connectivity index (χ1v) is 4.93. The van der Waals surface area contributed by atoms with E-state index < -0.39 is 0 Å². The van der Waals surface area contributed by atoms with Crippen molar-refractivity contribution in [1.29, 1.82) is 0 Å². The van der Waals surface area contributed by atoms with Crippen molar-refractivity contribution in [3.05, 3.63) is 0 Å². The Labute approximate surface area is 77.3 Å². The van der Waals surface area contributed by atoms with E-state index in [4.69, 9.17) is 11.5 Å². The fourth-order valence-corrected chi connectivity index (χ4v) is 0.500. The van der Waals surface area contributed by atoms with E-state index in [0.29, 0.717) is 6.83 Å². The molecule has 0 unspecified atom stereocenters.